The van der Waals surface area contributed by atoms with Gasteiger partial charge in [-0.15, -0.1) is 0 Å². The lowest BCUT2D eigenvalue weighted by molar-refractivity contribution is 0.560. The van der Waals surface area contributed by atoms with Crippen LogP contribution < -0.4 is 5.32 Å². The molecule has 2 heterocycles. The molecule has 19 heavy (non-hydrogen) atoms. The smallest absolute Gasteiger partial charge is 0.231 e. The molecule has 0 fully saturated rings. The molecule has 4 nitrogen and oxygen atoms in total. The van der Waals surface area contributed by atoms with Gasteiger partial charge < -0.3 is 5.32 Å². The Morgan fingerprint density at radius 2 is 2.16 bits per heavy atom. The zero-order chi connectivity index (χ0) is 13.1. The maximum atomic E-state index is 10.7. The first-order valence-electron chi connectivity index (χ1n) is 6.06. The quantitative estimate of drug-likeness (QED) is 0.900. The minimum Gasteiger partial charge on any atom is -0.386 e. The van der Waals surface area contributed by atoms with E-state index >= 15 is 0 Å². The van der Waals surface area contributed by atoms with Gasteiger partial charge in [0.1, 0.15) is 0 Å². The number of rotatable bonds is 3. The van der Waals surface area contributed by atoms with Gasteiger partial charge in [0.05, 0.1) is 11.0 Å². The molecule has 0 amide bonds. The van der Waals surface area contributed by atoms with Gasteiger partial charge in [0, 0.05) is 37.1 Å². The molecule has 93 valence electrons. The second-order valence-electron chi connectivity index (χ2n) is 4.39. The van der Waals surface area contributed by atoms with Gasteiger partial charge in [0.15, 0.2) is 0 Å². The summed E-state index contributed by atoms with van der Waals surface area (Å²) in [5.41, 5.74) is 4.57. The van der Waals surface area contributed by atoms with Crippen molar-refractivity contribution in [1.82, 2.24) is 15.3 Å². The molecule has 3 rings (SSSR count). The van der Waals surface area contributed by atoms with E-state index in [0.717, 1.165) is 22.2 Å². The van der Waals surface area contributed by atoms with E-state index < -0.39 is 0 Å². The first-order chi connectivity index (χ1) is 9.36. The lowest BCUT2D eigenvalue weighted by Crippen LogP contribution is -2.16. The largest absolute Gasteiger partial charge is 0.386 e. The Kier molecular flexibility index (Phi) is 3.06. The first kappa shape index (κ1) is 11.6. The summed E-state index contributed by atoms with van der Waals surface area (Å²) >= 11 is 0. The summed E-state index contributed by atoms with van der Waals surface area (Å²) < 4.78 is 0. The van der Waals surface area contributed by atoms with Crippen LogP contribution in [0.25, 0.3) is 11.0 Å². The molecule has 0 spiro atoms. The molecule has 2 aromatic rings. The monoisotopic (exact) mass is 250 g/mol. The number of hydrogen-bond donors (Lipinski definition) is 1. The van der Waals surface area contributed by atoms with E-state index in [1.54, 1.807) is 12.4 Å². The van der Waals surface area contributed by atoms with E-state index in [1.807, 2.05) is 36.8 Å². The van der Waals surface area contributed by atoms with E-state index in [2.05, 4.69) is 15.3 Å². The van der Waals surface area contributed by atoms with Crippen LogP contribution in [0.4, 0.5) is 0 Å². The number of fused-ring (bicyclic) bond motifs is 1. The number of aromatic nitrogens is 2. The van der Waals surface area contributed by atoms with Crippen LogP contribution in [0.2, 0.25) is 0 Å². The summed E-state index contributed by atoms with van der Waals surface area (Å²) in [6.45, 7) is 0.544. The summed E-state index contributed by atoms with van der Waals surface area (Å²) in [6.07, 6.45) is 9.84. The minimum atomic E-state index is 0.544. The number of nitrogens with one attached hydrogen (secondary N) is 1. The van der Waals surface area contributed by atoms with Gasteiger partial charge in [-0.1, -0.05) is 12.1 Å². The fraction of sp³-hybridized carbons (Fsp3) is 0.133. The molecule has 1 radical (unpaired) electrons. The van der Waals surface area contributed by atoms with Crippen LogP contribution in [0, 0.1) is 0 Å². The van der Waals surface area contributed by atoms with Crippen molar-refractivity contribution in [2.45, 2.75) is 6.42 Å². The van der Waals surface area contributed by atoms with E-state index in [4.69, 9.17) is 0 Å². The van der Waals surface area contributed by atoms with E-state index in [1.165, 1.54) is 0 Å². The van der Waals surface area contributed by atoms with E-state index in [9.17, 15) is 4.79 Å². The van der Waals surface area contributed by atoms with Crippen molar-refractivity contribution in [1.29, 1.82) is 0 Å². The number of nitrogens with zero attached hydrogens (tertiary/aromatic N) is 2. The Morgan fingerprint density at radius 3 is 3.05 bits per heavy atom. The highest BCUT2D eigenvalue weighted by Gasteiger charge is 2.08. The van der Waals surface area contributed by atoms with Gasteiger partial charge in [-0.25, -0.2) is 0 Å². The van der Waals surface area contributed by atoms with Crippen LogP contribution in [0.5, 0.6) is 0 Å². The number of carbonyl (C=O) groups excluding carboxylic acids is 1. The van der Waals surface area contributed by atoms with Crippen molar-refractivity contribution in [3.8, 4) is 0 Å². The summed E-state index contributed by atoms with van der Waals surface area (Å²) in [5, 5.41) is 3.08. The second-order valence-corrected chi connectivity index (χ2v) is 4.39. The zero-order valence-electron chi connectivity index (χ0n) is 10.3. The predicted octanol–water partition coefficient (Wildman–Crippen LogP) is 1.70. The van der Waals surface area contributed by atoms with Crippen molar-refractivity contribution >= 4 is 17.3 Å². The van der Waals surface area contributed by atoms with Gasteiger partial charge in [-0.05, 0) is 23.3 Å². The molecule has 1 aromatic heterocycles. The summed E-state index contributed by atoms with van der Waals surface area (Å²) in [7, 11) is 0. The standard InChI is InChI=1S/C15H12N3O/c19-10-12-6-11(8-16-9-12)7-13-2-1-3-14-15(13)18-5-4-17-14/h1-6,8,16H,7,9H2. The van der Waals surface area contributed by atoms with Crippen LogP contribution >= 0.6 is 0 Å². The normalized spacial score (nSPS) is 14.5. The Labute approximate surface area is 110 Å². The van der Waals surface area contributed by atoms with Crippen molar-refractivity contribution in [2.24, 2.45) is 0 Å². The second kappa shape index (κ2) is 5.02. The third-order valence-corrected chi connectivity index (χ3v) is 3.05. The van der Waals surface area contributed by atoms with Crippen molar-refractivity contribution in [3.63, 3.8) is 0 Å². The lowest BCUT2D eigenvalue weighted by Gasteiger charge is -2.12. The lowest BCUT2D eigenvalue weighted by atomic mass is 10.0. The van der Waals surface area contributed by atoms with Gasteiger partial charge in [0.25, 0.3) is 0 Å². The average molecular weight is 250 g/mol. The third kappa shape index (κ3) is 2.38. The van der Waals surface area contributed by atoms with Crippen LogP contribution in [0.3, 0.4) is 0 Å². The summed E-state index contributed by atoms with van der Waals surface area (Å²) in [6, 6.07) is 5.95. The van der Waals surface area contributed by atoms with Crippen LogP contribution in [-0.4, -0.2) is 22.8 Å². The maximum Gasteiger partial charge on any atom is 0.231 e. The highest BCUT2D eigenvalue weighted by molar-refractivity contribution is 5.79. The van der Waals surface area contributed by atoms with Crippen LogP contribution in [0.1, 0.15) is 5.56 Å². The molecule has 1 aliphatic rings. The van der Waals surface area contributed by atoms with Crippen molar-refractivity contribution in [2.75, 3.05) is 6.54 Å². The molecule has 1 aromatic carbocycles. The van der Waals surface area contributed by atoms with Gasteiger partial charge >= 0.3 is 0 Å². The Morgan fingerprint density at radius 1 is 1.26 bits per heavy atom. The number of benzene rings is 1. The molecule has 0 unspecified atom stereocenters. The Hall–Kier alpha value is -2.49. The highest BCUT2D eigenvalue weighted by Crippen LogP contribution is 2.19. The SMILES string of the molecule is O=[C]C1=CC(Cc2cccc3nccnc23)=CNC1. The molecule has 1 N–H and O–H groups in total. The summed E-state index contributed by atoms with van der Waals surface area (Å²) in [4.78, 5) is 19.4. The van der Waals surface area contributed by atoms with Crippen molar-refractivity contribution < 1.29 is 4.79 Å². The van der Waals surface area contributed by atoms with E-state index in [-0.39, 0.29) is 0 Å². The van der Waals surface area contributed by atoms with E-state index in [0.29, 0.717) is 18.5 Å². The van der Waals surface area contributed by atoms with Gasteiger partial charge in [-0.2, -0.15) is 0 Å². The van der Waals surface area contributed by atoms with Gasteiger partial charge in [0.2, 0.25) is 6.29 Å². The minimum absolute atomic E-state index is 0.544. The molecular formula is C15H12N3O. The van der Waals surface area contributed by atoms with Crippen LogP contribution in [-0.2, 0) is 11.2 Å². The third-order valence-electron chi connectivity index (χ3n) is 3.05. The number of para-hydroxylation sites is 1. The first-order valence-corrected chi connectivity index (χ1v) is 6.06. The topological polar surface area (TPSA) is 54.9 Å². The highest BCUT2D eigenvalue weighted by atomic mass is 16.1. The van der Waals surface area contributed by atoms with Crippen LogP contribution in [0.15, 0.2) is 54.0 Å². The molecule has 0 saturated carbocycles. The average Bonchev–Trinajstić information content (AvgIpc) is 2.48. The van der Waals surface area contributed by atoms with Gasteiger partial charge in [-0.3, -0.25) is 14.8 Å². The molecule has 0 bridgehead atoms. The molecule has 4 heteroatoms. The molecule has 1 aliphatic heterocycles. The summed E-state index contributed by atoms with van der Waals surface area (Å²) in [5.74, 6) is 0. The fourth-order valence-corrected chi connectivity index (χ4v) is 2.19. The fourth-order valence-electron chi connectivity index (χ4n) is 2.19. The molecule has 0 aliphatic carbocycles. The van der Waals surface area contributed by atoms with Crippen molar-refractivity contribution in [3.05, 3.63) is 59.6 Å². The molecular weight excluding hydrogens is 238 g/mol. The maximum absolute atomic E-state index is 10.7. The molecule has 0 saturated heterocycles. The molecule has 0 atom stereocenters. The number of hydrogen-bond acceptors (Lipinski definition) is 4. The predicted molar refractivity (Wildman–Crippen MR) is 73.1 cm³/mol. The number of dihydropyridines is 1. The zero-order valence-corrected chi connectivity index (χ0v) is 10.3. The Balaban J connectivity index is 1.96. The number of allylic oxidation sites excluding steroid dienone is 2. The Bertz CT molecular complexity index is 683.